The molecule has 0 spiro atoms. The summed E-state index contributed by atoms with van der Waals surface area (Å²) in [5.41, 5.74) is 1.05. The van der Waals surface area contributed by atoms with Crippen LogP contribution in [0.2, 0.25) is 0 Å². The Hall–Kier alpha value is -0.440. The molecule has 5 heteroatoms. The molecule has 0 radical (unpaired) electrons. The van der Waals surface area contributed by atoms with E-state index in [0.29, 0.717) is 11.8 Å². The van der Waals surface area contributed by atoms with Gasteiger partial charge in [-0.15, -0.1) is 0 Å². The molecule has 0 unspecified atom stereocenters. The topological polar surface area (TPSA) is 43.4 Å². The number of rotatable bonds is 14. The van der Waals surface area contributed by atoms with Crippen LogP contribution < -0.4 is 0 Å². The molecule has 0 saturated carbocycles. The molecule has 0 bridgehead atoms. The Morgan fingerprint density at radius 2 is 1.34 bits per heavy atom. The fraction of sp³-hybridized carbons (Fsp3) is 0.750. The van der Waals surface area contributed by atoms with Crippen molar-refractivity contribution in [1.29, 1.82) is 0 Å². The molecule has 0 aromatic heterocycles. The van der Waals surface area contributed by atoms with E-state index >= 15 is 0 Å². The van der Waals surface area contributed by atoms with Crippen LogP contribution in [0.4, 0.5) is 0 Å². The summed E-state index contributed by atoms with van der Waals surface area (Å²) in [6, 6.07) is 7.06. The van der Waals surface area contributed by atoms with Crippen molar-refractivity contribution in [3.63, 3.8) is 0 Å². The molecule has 3 nitrogen and oxygen atoms in total. The van der Waals surface area contributed by atoms with Crippen LogP contribution in [0.25, 0.3) is 0 Å². The second-order valence-electron chi connectivity index (χ2n) is 10.2. The molecule has 0 saturated heterocycles. The number of hydrogen-bond acceptors (Lipinski definition) is 3. The van der Waals surface area contributed by atoms with Crippen molar-refractivity contribution in [1.82, 2.24) is 0 Å². The zero-order valence-electron chi connectivity index (χ0n) is 19.9. The first kappa shape index (κ1) is 26.6. The van der Waals surface area contributed by atoms with E-state index in [2.05, 4.69) is 41.3 Å². The number of unbranched alkanes of at least 4 members (excludes halogenated alkanes) is 5. The average molecular weight is 445 g/mol. The van der Waals surface area contributed by atoms with Gasteiger partial charge in [-0.05, 0) is 0 Å². The van der Waals surface area contributed by atoms with Gasteiger partial charge in [-0.2, -0.15) is 0 Å². The summed E-state index contributed by atoms with van der Waals surface area (Å²) in [5.74, 6) is 0.814. The SMILES string of the molecule is CCCCCCCCP(C)(CC(C)C)(CC(C)C)OS(=O)(=O)c1ccc(C)cc1. The first-order valence-corrected chi connectivity index (χ1v) is 16.0. The van der Waals surface area contributed by atoms with Gasteiger partial charge in [0.05, 0.1) is 0 Å². The number of benzene rings is 1. The van der Waals surface area contributed by atoms with Gasteiger partial charge in [0, 0.05) is 0 Å². The second-order valence-corrected chi connectivity index (χ2v) is 17.7. The molecule has 0 heterocycles. The molecule has 29 heavy (non-hydrogen) atoms. The van der Waals surface area contributed by atoms with Crippen molar-refractivity contribution in [3.8, 4) is 0 Å². The molecule has 0 aliphatic heterocycles. The standard InChI is InChI=1S/C24H45O3PS/c1-8-9-10-11-12-13-18-28(7,19-21(2)3,20-22(4)5)27-29(25,26)24-16-14-23(6)15-17-24/h14-17,21-22H,8-13,18-20H2,1-7H3. The summed E-state index contributed by atoms with van der Waals surface area (Å²) in [6.07, 6.45) is 9.88. The fourth-order valence-electron chi connectivity index (χ4n) is 4.81. The predicted octanol–water partition coefficient (Wildman–Crippen LogP) is 7.47. The van der Waals surface area contributed by atoms with Gasteiger partial charge in [-0.3, -0.25) is 0 Å². The van der Waals surface area contributed by atoms with E-state index in [1.54, 1.807) is 12.1 Å². The van der Waals surface area contributed by atoms with E-state index in [9.17, 15) is 8.42 Å². The Labute approximate surface area is 181 Å². The zero-order valence-corrected chi connectivity index (χ0v) is 21.6. The average Bonchev–Trinajstić information content (AvgIpc) is 2.56. The van der Waals surface area contributed by atoms with Gasteiger partial charge in [-0.25, -0.2) is 0 Å². The quantitative estimate of drug-likeness (QED) is 0.221. The van der Waals surface area contributed by atoms with Crippen LogP contribution in [0.5, 0.6) is 0 Å². The van der Waals surface area contributed by atoms with E-state index in [0.717, 1.165) is 36.9 Å². The van der Waals surface area contributed by atoms with Crippen molar-refractivity contribution >= 4 is 16.9 Å². The summed E-state index contributed by atoms with van der Waals surface area (Å²) >= 11 is 0. The molecule has 1 rings (SSSR count). The van der Waals surface area contributed by atoms with E-state index in [-0.39, 0.29) is 4.90 Å². The Morgan fingerprint density at radius 1 is 0.862 bits per heavy atom. The normalized spacial score (nSPS) is 14.3. The molecule has 1 aromatic carbocycles. The molecule has 0 atom stereocenters. The van der Waals surface area contributed by atoms with Crippen LogP contribution in [0, 0.1) is 18.8 Å². The molecule has 0 aliphatic carbocycles. The van der Waals surface area contributed by atoms with Crippen LogP contribution in [0.3, 0.4) is 0 Å². The van der Waals surface area contributed by atoms with Gasteiger partial charge in [0.2, 0.25) is 0 Å². The van der Waals surface area contributed by atoms with E-state index in [4.69, 9.17) is 3.97 Å². The molecule has 1 aromatic rings. The van der Waals surface area contributed by atoms with Crippen LogP contribution in [-0.2, 0) is 14.1 Å². The Kier molecular flexibility index (Phi) is 10.3. The van der Waals surface area contributed by atoms with Gasteiger partial charge in [0.1, 0.15) is 0 Å². The molecular formula is C24H45O3PS. The predicted molar refractivity (Wildman–Crippen MR) is 130 cm³/mol. The van der Waals surface area contributed by atoms with Crippen molar-refractivity contribution in [3.05, 3.63) is 29.8 Å². The molecule has 0 amide bonds. The van der Waals surface area contributed by atoms with E-state index in [1.165, 1.54) is 25.7 Å². The Balaban J connectivity index is 3.17. The van der Waals surface area contributed by atoms with Crippen LogP contribution in [0.1, 0.15) is 78.7 Å². The monoisotopic (exact) mass is 444 g/mol. The van der Waals surface area contributed by atoms with Gasteiger partial charge in [0.15, 0.2) is 0 Å². The minimum absolute atomic E-state index is 0.286. The number of hydrogen-bond donors (Lipinski definition) is 0. The van der Waals surface area contributed by atoms with Crippen molar-refractivity contribution in [2.75, 3.05) is 25.2 Å². The van der Waals surface area contributed by atoms with Gasteiger partial charge in [0.25, 0.3) is 0 Å². The Bertz CT molecular complexity index is 698. The van der Waals surface area contributed by atoms with Crippen molar-refractivity contribution in [2.45, 2.75) is 85.0 Å². The zero-order chi connectivity index (χ0) is 22.2. The third-order valence-corrected chi connectivity index (χ3v) is 14.1. The summed E-state index contributed by atoms with van der Waals surface area (Å²) in [6.45, 7) is 12.2. The second kappa shape index (κ2) is 11.3. The first-order chi connectivity index (χ1) is 13.4. The van der Waals surface area contributed by atoms with Gasteiger partial charge < -0.3 is 0 Å². The van der Waals surface area contributed by atoms with Crippen LogP contribution in [-0.4, -0.2) is 33.6 Å². The summed E-state index contributed by atoms with van der Waals surface area (Å²) in [5, 5.41) is 0. The summed E-state index contributed by atoms with van der Waals surface area (Å²) < 4.78 is 33.0. The first-order valence-electron chi connectivity index (χ1n) is 11.4. The third kappa shape index (κ3) is 9.07. The molecule has 0 N–H and O–H groups in total. The van der Waals surface area contributed by atoms with Crippen molar-refractivity contribution < 1.29 is 12.4 Å². The van der Waals surface area contributed by atoms with Crippen LogP contribution in [0.15, 0.2) is 29.2 Å². The summed E-state index contributed by atoms with van der Waals surface area (Å²) in [4.78, 5) is 0.286. The third-order valence-electron chi connectivity index (χ3n) is 5.54. The molecule has 170 valence electrons. The fourth-order valence-corrected chi connectivity index (χ4v) is 14.6. The van der Waals surface area contributed by atoms with E-state index < -0.39 is 16.9 Å². The maximum absolute atomic E-state index is 13.3. The summed E-state index contributed by atoms with van der Waals surface area (Å²) in [7, 11) is -3.78. The molecule has 0 fully saturated rings. The van der Waals surface area contributed by atoms with Crippen molar-refractivity contribution in [2.24, 2.45) is 11.8 Å². The van der Waals surface area contributed by atoms with Gasteiger partial charge >= 0.3 is 181 Å². The van der Waals surface area contributed by atoms with Gasteiger partial charge in [-0.1, -0.05) is 0 Å². The maximum atomic E-state index is 13.3. The minimum atomic E-state index is -3.78. The van der Waals surface area contributed by atoms with E-state index in [1.807, 2.05) is 19.1 Å². The van der Waals surface area contributed by atoms with Crippen LogP contribution >= 0.6 is 6.83 Å². The Morgan fingerprint density at radius 3 is 1.83 bits per heavy atom. The number of aryl methyl sites for hydroxylation is 1. The molecular weight excluding hydrogens is 399 g/mol. The molecule has 0 aliphatic rings.